The molecule has 128 valence electrons. The molecule has 1 unspecified atom stereocenters. The summed E-state index contributed by atoms with van der Waals surface area (Å²) >= 11 is 0. The van der Waals surface area contributed by atoms with Gasteiger partial charge < -0.3 is 9.64 Å². The number of rotatable bonds is 5. The van der Waals surface area contributed by atoms with Gasteiger partial charge in [-0.05, 0) is 35.4 Å². The fraction of sp³-hybridized carbons (Fsp3) is 0.190. The molecule has 1 heterocycles. The highest BCUT2D eigenvalue weighted by atomic mass is 19.1. The standard InChI is InChI=1S/C21H22FN2O/c1-23(2)20-12-14-24(15-13-20)21(25-3)18-6-4-16(5-7-18)17-8-10-19(22)11-9-17/h4-15,21H,1-3H3/q+1. The van der Waals surface area contributed by atoms with Crippen LogP contribution in [0.15, 0.2) is 73.1 Å². The average Bonchev–Trinajstić information content (AvgIpc) is 2.64. The van der Waals surface area contributed by atoms with E-state index in [0.29, 0.717) is 0 Å². The number of hydrogen-bond donors (Lipinski definition) is 0. The SMILES string of the molecule is COC(c1ccc(-c2ccc(F)cc2)cc1)[n+]1ccc(N(C)C)cc1. The van der Waals surface area contributed by atoms with Gasteiger partial charge in [0.2, 0.25) is 0 Å². The van der Waals surface area contributed by atoms with E-state index in [-0.39, 0.29) is 12.0 Å². The van der Waals surface area contributed by atoms with Crippen LogP contribution in [0.4, 0.5) is 10.1 Å². The average molecular weight is 337 g/mol. The van der Waals surface area contributed by atoms with Crippen molar-refractivity contribution in [3.63, 3.8) is 0 Å². The van der Waals surface area contributed by atoms with E-state index in [1.165, 1.54) is 12.1 Å². The Bertz CT molecular complexity index is 812. The van der Waals surface area contributed by atoms with Crippen molar-refractivity contribution in [3.8, 4) is 11.1 Å². The van der Waals surface area contributed by atoms with E-state index in [0.717, 1.165) is 22.4 Å². The van der Waals surface area contributed by atoms with E-state index < -0.39 is 0 Å². The molecule has 3 rings (SSSR count). The fourth-order valence-electron chi connectivity index (χ4n) is 2.80. The van der Waals surface area contributed by atoms with Gasteiger partial charge in [-0.25, -0.2) is 4.39 Å². The minimum Gasteiger partial charge on any atom is -0.377 e. The Morgan fingerprint density at radius 2 is 1.36 bits per heavy atom. The van der Waals surface area contributed by atoms with Crippen LogP contribution in [0.1, 0.15) is 11.8 Å². The second kappa shape index (κ2) is 7.45. The molecule has 0 aliphatic rings. The molecule has 1 atom stereocenters. The van der Waals surface area contributed by atoms with Crippen LogP contribution >= 0.6 is 0 Å². The number of methoxy groups -OCH3 is 1. The van der Waals surface area contributed by atoms with Gasteiger partial charge in [0, 0.05) is 44.6 Å². The summed E-state index contributed by atoms with van der Waals surface area (Å²) < 4.78 is 20.8. The molecule has 0 saturated heterocycles. The summed E-state index contributed by atoms with van der Waals surface area (Å²) in [6.07, 6.45) is 3.83. The molecule has 0 N–H and O–H groups in total. The molecule has 0 aliphatic heterocycles. The molecule has 1 aromatic heterocycles. The summed E-state index contributed by atoms with van der Waals surface area (Å²) in [5.74, 6) is -0.225. The number of hydrogen-bond acceptors (Lipinski definition) is 2. The quantitative estimate of drug-likeness (QED) is 0.653. The molecule has 0 bridgehead atoms. The Morgan fingerprint density at radius 1 is 0.840 bits per heavy atom. The smallest absolute Gasteiger partial charge is 0.289 e. The fourth-order valence-corrected chi connectivity index (χ4v) is 2.80. The van der Waals surface area contributed by atoms with Gasteiger partial charge in [-0.1, -0.05) is 24.3 Å². The Balaban J connectivity index is 1.85. The zero-order chi connectivity index (χ0) is 17.8. The van der Waals surface area contributed by atoms with E-state index in [1.807, 2.05) is 55.3 Å². The second-order valence-electron chi connectivity index (χ2n) is 6.11. The number of benzene rings is 2. The molecule has 4 heteroatoms. The van der Waals surface area contributed by atoms with E-state index in [4.69, 9.17) is 4.74 Å². The van der Waals surface area contributed by atoms with E-state index in [1.54, 1.807) is 19.2 Å². The Labute approximate surface area is 147 Å². The van der Waals surface area contributed by atoms with Gasteiger partial charge in [0.1, 0.15) is 5.82 Å². The third-order valence-electron chi connectivity index (χ3n) is 4.22. The summed E-state index contributed by atoms with van der Waals surface area (Å²) in [4.78, 5) is 2.06. The van der Waals surface area contributed by atoms with Crippen molar-refractivity contribution in [2.75, 3.05) is 26.1 Å². The number of aromatic nitrogens is 1. The maximum absolute atomic E-state index is 13.1. The van der Waals surface area contributed by atoms with Crippen molar-refractivity contribution in [2.45, 2.75) is 6.23 Å². The molecule has 0 radical (unpaired) electrons. The highest BCUT2D eigenvalue weighted by Crippen LogP contribution is 2.23. The van der Waals surface area contributed by atoms with Gasteiger partial charge >= 0.3 is 0 Å². The zero-order valence-corrected chi connectivity index (χ0v) is 14.7. The third kappa shape index (κ3) is 3.86. The molecule has 0 spiro atoms. The molecule has 25 heavy (non-hydrogen) atoms. The van der Waals surface area contributed by atoms with Crippen LogP contribution in [0.2, 0.25) is 0 Å². The lowest BCUT2D eigenvalue weighted by Crippen LogP contribution is -2.40. The lowest BCUT2D eigenvalue weighted by atomic mass is 10.0. The third-order valence-corrected chi connectivity index (χ3v) is 4.22. The normalized spacial score (nSPS) is 12.0. The minimum atomic E-state index is -0.225. The Morgan fingerprint density at radius 3 is 1.84 bits per heavy atom. The molecule has 0 aliphatic carbocycles. The molecule has 0 saturated carbocycles. The lowest BCUT2D eigenvalue weighted by molar-refractivity contribution is -0.750. The van der Waals surface area contributed by atoms with Crippen LogP contribution in [0.25, 0.3) is 11.1 Å². The van der Waals surface area contributed by atoms with Crippen LogP contribution in [0.3, 0.4) is 0 Å². The minimum absolute atomic E-state index is 0.196. The molecule has 3 nitrogen and oxygen atoms in total. The van der Waals surface area contributed by atoms with Crippen LogP contribution in [0, 0.1) is 5.82 Å². The van der Waals surface area contributed by atoms with Crippen LogP contribution in [-0.4, -0.2) is 21.2 Å². The van der Waals surface area contributed by atoms with E-state index >= 15 is 0 Å². The maximum atomic E-state index is 13.1. The Hall–Kier alpha value is -2.72. The van der Waals surface area contributed by atoms with Gasteiger partial charge in [-0.15, -0.1) is 0 Å². The van der Waals surface area contributed by atoms with Gasteiger partial charge in [-0.2, -0.15) is 4.57 Å². The summed E-state index contributed by atoms with van der Waals surface area (Å²) in [6, 6.07) is 18.8. The summed E-state index contributed by atoms with van der Waals surface area (Å²) in [5, 5.41) is 0. The predicted octanol–water partition coefficient (Wildman–Crippen LogP) is 4.04. The Kier molecular flexibility index (Phi) is 5.10. The highest BCUT2D eigenvalue weighted by molar-refractivity contribution is 5.63. The van der Waals surface area contributed by atoms with Crippen molar-refractivity contribution < 1.29 is 13.7 Å². The molecule has 2 aromatic carbocycles. The number of ether oxygens (including phenoxy) is 1. The first-order valence-corrected chi connectivity index (χ1v) is 8.15. The number of nitrogens with zero attached hydrogens (tertiary/aromatic N) is 2. The monoisotopic (exact) mass is 337 g/mol. The van der Waals surface area contributed by atoms with Gasteiger partial charge in [-0.3, -0.25) is 0 Å². The van der Waals surface area contributed by atoms with Crippen molar-refractivity contribution in [1.29, 1.82) is 0 Å². The van der Waals surface area contributed by atoms with Gasteiger partial charge in [0.05, 0.1) is 0 Å². The second-order valence-corrected chi connectivity index (χ2v) is 6.11. The van der Waals surface area contributed by atoms with Crippen LogP contribution in [-0.2, 0) is 4.74 Å². The lowest BCUT2D eigenvalue weighted by Gasteiger charge is -2.14. The first-order valence-electron chi connectivity index (χ1n) is 8.15. The topological polar surface area (TPSA) is 16.4 Å². The molecular weight excluding hydrogens is 315 g/mol. The van der Waals surface area contributed by atoms with Gasteiger partial charge in [0.15, 0.2) is 12.4 Å². The van der Waals surface area contributed by atoms with Crippen molar-refractivity contribution in [2.24, 2.45) is 0 Å². The zero-order valence-electron chi connectivity index (χ0n) is 14.7. The largest absolute Gasteiger partial charge is 0.377 e. The molecule has 0 fully saturated rings. The van der Waals surface area contributed by atoms with Crippen molar-refractivity contribution in [1.82, 2.24) is 0 Å². The first-order chi connectivity index (χ1) is 12.1. The summed E-state index contributed by atoms with van der Waals surface area (Å²) in [5.41, 5.74) is 4.23. The highest BCUT2D eigenvalue weighted by Gasteiger charge is 2.20. The molecule has 3 aromatic rings. The maximum Gasteiger partial charge on any atom is 0.289 e. The van der Waals surface area contributed by atoms with E-state index in [9.17, 15) is 4.39 Å². The molecule has 0 amide bonds. The number of halogens is 1. The van der Waals surface area contributed by atoms with Gasteiger partial charge in [0.25, 0.3) is 6.23 Å². The van der Waals surface area contributed by atoms with Crippen LogP contribution < -0.4 is 9.47 Å². The first kappa shape index (κ1) is 17.1. The van der Waals surface area contributed by atoms with E-state index in [2.05, 4.69) is 17.0 Å². The van der Waals surface area contributed by atoms with Crippen LogP contribution in [0.5, 0.6) is 0 Å². The summed E-state index contributed by atoms with van der Waals surface area (Å²) in [6.45, 7) is 0. The number of pyridine rings is 1. The van der Waals surface area contributed by atoms with Crippen molar-refractivity contribution >= 4 is 5.69 Å². The summed E-state index contributed by atoms with van der Waals surface area (Å²) in [7, 11) is 5.73. The molecular formula is C21H22FN2O+. The number of anilines is 1. The predicted molar refractivity (Wildman–Crippen MR) is 97.9 cm³/mol. The van der Waals surface area contributed by atoms with Crippen molar-refractivity contribution in [3.05, 3.63) is 84.4 Å².